The fraction of sp³-hybridized carbons (Fsp3) is 0.238. The third kappa shape index (κ3) is 4.47. The highest BCUT2D eigenvalue weighted by Gasteiger charge is 2.10. The Morgan fingerprint density at radius 1 is 1.04 bits per heavy atom. The number of hydrogen-bond acceptors (Lipinski definition) is 4. The zero-order chi connectivity index (χ0) is 19.2. The van der Waals surface area contributed by atoms with Gasteiger partial charge in [-0.25, -0.2) is 0 Å². The molecular weight excluding hydrogens is 344 g/mol. The molecule has 0 aliphatic rings. The number of hydrogen-bond donors (Lipinski definition) is 2. The number of fused-ring (bicyclic) bond motifs is 1. The lowest BCUT2D eigenvalue weighted by atomic mass is 10.1. The Morgan fingerprint density at radius 2 is 1.74 bits per heavy atom. The van der Waals surface area contributed by atoms with Crippen molar-refractivity contribution < 1.29 is 14.3 Å². The van der Waals surface area contributed by atoms with E-state index in [2.05, 4.69) is 10.3 Å². The Kier molecular flexibility index (Phi) is 5.76. The maximum absolute atomic E-state index is 12.3. The Balaban J connectivity index is 1.70. The summed E-state index contributed by atoms with van der Waals surface area (Å²) < 4.78 is 10.6. The van der Waals surface area contributed by atoms with Gasteiger partial charge in [0.25, 0.3) is 5.56 Å². The average Bonchev–Trinajstić information content (AvgIpc) is 2.70. The molecule has 0 saturated heterocycles. The van der Waals surface area contributed by atoms with Crippen molar-refractivity contribution in [3.63, 3.8) is 0 Å². The van der Waals surface area contributed by atoms with Crippen LogP contribution >= 0.6 is 0 Å². The average molecular weight is 366 g/mol. The molecule has 2 aromatic carbocycles. The van der Waals surface area contributed by atoms with Crippen LogP contribution in [0.1, 0.15) is 17.5 Å². The van der Waals surface area contributed by atoms with E-state index in [1.54, 1.807) is 26.4 Å². The number of aromatic amines is 1. The first-order valence-corrected chi connectivity index (χ1v) is 8.69. The number of carbonyl (C=O) groups excluding carboxylic acids is 1. The number of H-pyrrole nitrogens is 1. The number of ether oxygens (including phenoxy) is 2. The minimum Gasteiger partial charge on any atom is -0.493 e. The van der Waals surface area contributed by atoms with Gasteiger partial charge in [0.2, 0.25) is 5.91 Å². The predicted molar refractivity (Wildman–Crippen MR) is 104 cm³/mol. The van der Waals surface area contributed by atoms with E-state index in [4.69, 9.17) is 9.47 Å². The maximum Gasteiger partial charge on any atom is 0.251 e. The summed E-state index contributed by atoms with van der Waals surface area (Å²) in [4.78, 5) is 27.3. The molecule has 3 aromatic rings. The van der Waals surface area contributed by atoms with E-state index in [1.807, 2.05) is 36.4 Å². The summed E-state index contributed by atoms with van der Waals surface area (Å²) in [5.41, 5.74) is 2.06. The molecule has 6 heteroatoms. The van der Waals surface area contributed by atoms with Crippen LogP contribution in [-0.2, 0) is 17.8 Å². The highest BCUT2D eigenvalue weighted by Crippen LogP contribution is 2.31. The molecule has 6 nitrogen and oxygen atoms in total. The van der Waals surface area contributed by atoms with E-state index in [-0.39, 0.29) is 17.9 Å². The minimum atomic E-state index is -0.203. The number of benzene rings is 2. The zero-order valence-corrected chi connectivity index (χ0v) is 15.4. The number of nitrogens with one attached hydrogen (secondary N) is 2. The zero-order valence-electron chi connectivity index (χ0n) is 15.4. The Labute approximate surface area is 157 Å². The van der Waals surface area contributed by atoms with Crippen LogP contribution in [0.5, 0.6) is 11.5 Å². The molecule has 3 rings (SSSR count). The van der Waals surface area contributed by atoms with Crippen LogP contribution in [0.15, 0.2) is 53.3 Å². The highest BCUT2D eigenvalue weighted by atomic mass is 16.5. The summed E-state index contributed by atoms with van der Waals surface area (Å²) in [7, 11) is 3.11. The van der Waals surface area contributed by atoms with Gasteiger partial charge in [-0.15, -0.1) is 0 Å². The van der Waals surface area contributed by atoms with Crippen molar-refractivity contribution in [1.29, 1.82) is 0 Å². The van der Waals surface area contributed by atoms with E-state index < -0.39 is 0 Å². The molecule has 140 valence electrons. The standard InChI is InChI=1S/C21H22N2O4/c1-26-18-11-16-10-15(21(25)23-17(16)12-19(18)27-2)8-9-20(24)22-13-14-6-4-3-5-7-14/h3-7,10-12H,8-9,13H2,1-2H3,(H,22,24)(H,23,25). The molecule has 0 fully saturated rings. The molecule has 1 amide bonds. The first-order valence-electron chi connectivity index (χ1n) is 8.69. The van der Waals surface area contributed by atoms with Gasteiger partial charge in [-0.05, 0) is 24.1 Å². The summed E-state index contributed by atoms with van der Waals surface area (Å²) in [6.07, 6.45) is 0.606. The molecule has 0 unspecified atom stereocenters. The predicted octanol–water partition coefficient (Wildman–Crippen LogP) is 2.79. The van der Waals surface area contributed by atoms with Gasteiger partial charge in [-0.3, -0.25) is 9.59 Å². The number of rotatable bonds is 7. The second-order valence-electron chi connectivity index (χ2n) is 6.18. The first-order chi connectivity index (χ1) is 13.1. The van der Waals surface area contributed by atoms with Gasteiger partial charge in [0.1, 0.15) is 0 Å². The van der Waals surface area contributed by atoms with E-state index in [9.17, 15) is 9.59 Å². The first kappa shape index (κ1) is 18.5. The summed E-state index contributed by atoms with van der Waals surface area (Å²) in [5.74, 6) is 1.04. The van der Waals surface area contributed by atoms with Gasteiger partial charge in [0.15, 0.2) is 11.5 Å². The lowest BCUT2D eigenvalue weighted by Crippen LogP contribution is -2.24. The third-order valence-electron chi connectivity index (χ3n) is 4.38. The van der Waals surface area contributed by atoms with Crippen molar-refractivity contribution in [3.8, 4) is 11.5 Å². The third-order valence-corrected chi connectivity index (χ3v) is 4.38. The fourth-order valence-corrected chi connectivity index (χ4v) is 2.90. The largest absolute Gasteiger partial charge is 0.493 e. The van der Waals surface area contributed by atoms with Crippen LogP contribution in [0.25, 0.3) is 10.9 Å². The van der Waals surface area contributed by atoms with Gasteiger partial charge in [0.05, 0.1) is 19.7 Å². The number of aromatic nitrogens is 1. The molecule has 0 saturated carbocycles. The molecule has 1 aromatic heterocycles. The molecular formula is C21H22N2O4. The number of amides is 1. The number of methoxy groups -OCH3 is 2. The van der Waals surface area contributed by atoms with Crippen molar-refractivity contribution in [2.45, 2.75) is 19.4 Å². The smallest absolute Gasteiger partial charge is 0.251 e. The molecule has 0 spiro atoms. The van der Waals surface area contributed by atoms with E-state index in [1.165, 1.54) is 0 Å². The number of aryl methyl sites for hydroxylation is 1. The SMILES string of the molecule is COc1cc2cc(CCC(=O)NCc3ccccc3)c(=O)[nH]c2cc1OC. The minimum absolute atomic E-state index is 0.0920. The molecule has 0 atom stereocenters. The lowest BCUT2D eigenvalue weighted by Gasteiger charge is -2.10. The van der Waals surface area contributed by atoms with Gasteiger partial charge in [-0.1, -0.05) is 30.3 Å². The monoisotopic (exact) mass is 366 g/mol. The molecule has 0 bridgehead atoms. The second kappa shape index (κ2) is 8.40. The summed E-state index contributed by atoms with van der Waals surface area (Å²) in [6, 6.07) is 15.0. The van der Waals surface area contributed by atoms with Gasteiger partial charge in [0, 0.05) is 30.0 Å². The lowest BCUT2D eigenvalue weighted by molar-refractivity contribution is -0.121. The highest BCUT2D eigenvalue weighted by molar-refractivity contribution is 5.83. The van der Waals surface area contributed by atoms with Crippen LogP contribution < -0.4 is 20.3 Å². The normalized spacial score (nSPS) is 10.6. The number of carbonyl (C=O) groups is 1. The molecule has 27 heavy (non-hydrogen) atoms. The summed E-state index contributed by atoms with van der Waals surface area (Å²) in [5, 5.41) is 3.70. The van der Waals surface area contributed by atoms with Crippen LogP contribution in [-0.4, -0.2) is 25.1 Å². The van der Waals surface area contributed by atoms with Gasteiger partial charge < -0.3 is 19.8 Å². The van der Waals surface area contributed by atoms with Crippen molar-refractivity contribution in [2.24, 2.45) is 0 Å². The van der Waals surface area contributed by atoms with Crippen molar-refractivity contribution in [3.05, 3.63) is 70.0 Å². The van der Waals surface area contributed by atoms with Crippen LogP contribution in [0.4, 0.5) is 0 Å². The Morgan fingerprint density at radius 3 is 2.44 bits per heavy atom. The molecule has 2 N–H and O–H groups in total. The quantitative estimate of drug-likeness (QED) is 0.674. The van der Waals surface area contributed by atoms with Crippen LogP contribution in [0.2, 0.25) is 0 Å². The number of pyridine rings is 1. The summed E-state index contributed by atoms with van der Waals surface area (Å²) in [6.45, 7) is 0.477. The Bertz CT molecular complexity index is 996. The molecule has 0 radical (unpaired) electrons. The topological polar surface area (TPSA) is 80.4 Å². The van der Waals surface area contributed by atoms with Crippen molar-refractivity contribution in [1.82, 2.24) is 10.3 Å². The molecule has 0 aliphatic carbocycles. The van der Waals surface area contributed by atoms with E-state index in [0.29, 0.717) is 35.5 Å². The maximum atomic E-state index is 12.3. The Hall–Kier alpha value is -3.28. The molecule has 0 aliphatic heterocycles. The van der Waals surface area contributed by atoms with Crippen molar-refractivity contribution >= 4 is 16.8 Å². The second-order valence-corrected chi connectivity index (χ2v) is 6.18. The van der Waals surface area contributed by atoms with Crippen LogP contribution in [0, 0.1) is 0 Å². The van der Waals surface area contributed by atoms with Gasteiger partial charge >= 0.3 is 0 Å². The van der Waals surface area contributed by atoms with Crippen LogP contribution in [0.3, 0.4) is 0 Å². The molecule has 1 heterocycles. The van der Waals surface area contributed by atoms with E-state index >= 15 is 0 Å². The van der Waals surface area contributed by atoms with E-state index in [0.717, 1.165) is 10.9 Å². The van der Waals surface area contributed by atoms with Crippen molar-refractivity contribution in [2.75, 3.05) is 14.2 Å². The fourth-order valence-electron chi connectivity index (χ4n) is 2.90. The van der Waals surface area contributed by atoms with Gasteiger partial charge in [-0.2, -0.15) is 0 Å². The summed E-state index contributed by atoms with van der Waals surface area (Å²) >= 11 is 0.